The minimum Gasteiger partial charge on any atom is -0.275 e. The summed E-state index contributed by atoms with van der Waals surface area (Å²) in [6.45, 7) is 0. The van der Waals surface area contributed by atoms with Crippen LogP contribution in [-0.4, -0.2) is 10.1 Å². The van der Waals surface area contributed by atoms with Crippen molar-refractivity contribution in [2.45, 2.75) is 10.2 Å². The van der Waals surface area contributed by atoms with E-state index in [1.807, 2.05) is 5.92 Å². The maximum absolute atomic E-state index is 9.46. The third-order valence-electron chi connectivity index (χ3n) is 0.428. The van der Waals surface area contributed by atoms with Crippen molar-refractivity contribution in [2.75, 3.05) is 0 Å². The highest BCUT2D eigenvalue weighted by Gasteiger charge is 2.16. The molecule has 0 aromatic rings. The molecule has 0 spiro atoms. The summed E-state index contributed by atoms with van der Waals surface area (Å²) in [4.78, 5) is 9.46. The Bertz CT molecular complexity index is 148. The summed E-state index contributed by atoms with van der Waals surface area (Å²) in [7, 11) is 0. The lowest BCUT2D eigenvalue weighted by Crippen LogP contribution is -1.98. The SMILES string of the molecule is O=[C]C#CCC(Cl)(Cl)Cl. The Kier molecular flexibility index (Phi) is 4.05. The summed E-state index contributed by atoms with van der Waals surface area (Å²) in [5.41, 5.74) is 0. The smallest absolute Gasteiger partial charge is 0.275 e. The molecule has 0 saturated heterocycles. The van der Waals surface area contributed by atoms with Gasteiger partial charge in [0.1, 0.15) is 0 Å². The van der Waals surface area contributed by atoms with E-state index in [0.29, 0.717) is 0 Å². The predicted molar refractivity (Wildman–Crippen MR) is 38.4 cm³/mol. The number of rotatable bonds is 0. The van der Waals surface area contributed by atoms with Gasteiger partial charge in [0, 0.05) is 0 Å². The summed E-state index contributed by atoms with van der Waals surface area (Å²) in [5, 5.41) is 0. The molecule has 0 aliphatic heterocycles. The van der Waals surface area contributed by atoms with Gasteiger partial charge in [0.15, 0.2) is 0 Å². The standard InChI is InChI=1S/C5H2Cl3O/c6-5(7,8)3-1-2-4-9/h3H2. The molecular weight excluding hydrogens is 182 g/mol. The van der Waals surface area contributed by atoms with Crippen molar-refractivity contribution >= 4 is 41.1 Å². The first-order valence-corrected chi connectivity index (χ1v) is 3.11. The first-order chi connectivity index (χ1) is 4.06. The molecule has 0 amide bonds. The van der Waals surface area contributed by atoms with Crippen LogP contribution >= 0.6 is 34.8 Å². The normalized spacial score (nSPS) is 9.67. The third kappa shape index (κ3) is 8.10. The molecule has 0 rings (SSSR count). The Hall–Kier alpha value is 0.1000. The van der Waals surface area contributed by atoms with Crippen LogP contribution in [0.4, 0.5) is 0 Å². The van der Waals surface area contributed by atoms with Crippen LogP contribution in [0, 0.1) is 11.8 Å². The number of hydrogen-bond acceptors (Lipinski definition) is 1. The van der Waals surface area contributed by atoms with Crippen molar-refractivity contribution in [3.05, 3.63) is 0 Å². The fraction of sp³-hybridized carbons (Fsp3) is 0.400. The van der Waals surface area contributed by atoms with E-state index in [0.717, 1.165) is 0 Å². The lowest BCUT2D eigenvalue weighted by Gasteiger charge is -2.02. The van der Waals surface area contributed by atoms with E-state index in [2.05, 4.69) is 5.92 Å². The summed E-state index contributed by atoms with van der Waals surface area (Å²) in [6.07, 6.45) is 1.40. The number of halogens is 3. The largest absolute Gasteiger partial charge is 0.284 e. The van der Waals surface area contributed by atoms with Gasteiger partial charge in [-0.15, -0.1) is 0 Å². The lowest BCUT2D eigenvalue weighted by molar-refractivity contribution is 0.565. The van der Waals surface area contributed by atoms with Crippen molar-refractivity contribution in [1.82, 2.24) is 0 Å². The average Bonchev–Trinajstić information content (AvgIpc) is 1.63. The second kappa shape index (κ2) is 4.00. The monoisotopic (exact) mass is 183 g/mol. The molecule has 0 aromatic heterocycles. The number of hydrogen-bond donors (Lipinski definition) is 0. The Morgan fingerprint density at radius 2 is 1.89 bits per heavy atom. The second-order valence-corrected chi connectivity index (χ2v) is 3.71. The number of alkyl halides is 3. The van der Waals surface area contributed by atoms with E-state index in [1.165, 1.54) is 6.29 Å². The van der Waals surface area contributed by atoms with E-state index < -0.39 is 3.79 Å². The van der Waals surface area contributed by atoms with Crippen LogP contribution < -0.4 is 0 Å². The van der Waals surface area contributed by atoms with Crippen LogP contribution in [-0.2, 0) is 4.79 Å². The van der Waals surface area contributed by atoms with Gasteiger partial charge < -0.3 is 0 Å². The van der Waals surface area contributed by atoms with Crippen molar-refractivity contribution in [3.8, 4) is 11.8 Å². The molecule has 9 heavy (non-hydrogen) atoms. The average molecular weight is 184 g/mol. The maximum Gasteiger partial charge on any atom is 0.284 e. The van der Waals surface area contributed by atoms with Gasteiger partial charge in [0.05, 0.1) is 6.42 Å². The summed E-state index contributed by atoms with van der Waals surface area (Å²) in [6, 6.07) is 0. The Balaban J connectivity index is 3.62. The van der Waals surface area contributed by atoms with Crippen LogP contribution in [0.15, 0.2) is 0 Å². The molecule has 0 fully saturated rings. The molecule has 0 aliphatic rings. The molecule has 4 heteroatoms. The molecule has 1 radical (unpaired) electrons. The molecule has 0 saturated carbocycles. The molecule has 0 heterocycles. The van der Waals surface area contributed by atoms with Crippen LogP contribution in [0.3, 0.4) is 0 Å². The van der Waals surface area contributed by atoms with Crippen LogP contribution in [0.2, 0.25) is 0 Å². The molecule has 0 aromatic carbocycles. The highest BCUT2D eigenvalue weighted by Crippen LogP contribution is 2.28. The molecule has 0 bridgehead atoms. The van der Waals surface area contributed by atoms with Gasteiger partial charge in [0.25, 0.3) is 6.29 Å². The molecule has 0 unspecified atom stereocenters. The Morgan fingerprint density at radius 3 is 2.22 bits per heavy atom. The molecule has 49 valence electrons. The van der Waals surface area contributed by atoms with Crippen molar-refractivity contribution < 1.29 is 4.79 Å². The summed E-state index contributed by atoms with van der Waals surface area (Å²) in [5.74, 6) is 4.30. The van der Waals surface area contributed by atoms with Gasteiger partial charge in [-0.1, -0.05) is 40.7 Å². The van der Waals surface area contributed by atoms with Gasteiger partial charge >= 0.3 is 0 Å². The summed E-state index contributed by atoms with van der Waals surface area (Å²) < 4.78 is -1.39. The molecule has 1 nitrogen and oxygen atoms in total. The fourth-order valence-corrected chi connectivity index (χ4v) is 0.381. The van der Waals surface area contributed by atoms with Gasteiger partial charge in [-0.25, -0.2) is 0 Å². The van der Waals surface area contributed by atoms with Crippen molar-refractivity contribution in [1.29, 1.82) is 0 Å². The van der Waals surface area contributed by atoms with Crippen LogP contribution in [0.25, 0.3) is 0 Å². The van der Waals surface area contributed by atoms with Crippen molar-refractivity contribution in [3.63, 3.8) is 0 Å². The van der Waals surface area contributed by atoms with Gasteiger partial charge in [-0.05, 0) is 5.92 Å². The highest BCUT2D eigenvalue weighted by atomic mass is 35.6. The molecule has 0 atom stereocenters. The van der Waals surface area contributed by atoms with Gasteiger partial charge in [0.2, 0.25) is 3.79 Å². The Labute approximate surface area is 68.3 Å². The van der Waals surface area contributed by atoms with E-state index in [9.17, 15) is 4.79 Å². The minimum atomic E-state index is -1.39. The number of carbonyl (C=O) groups excluding carboxylic acids is 1. The van der Waals surface area contributed by atoms with Gasteiger partial charge in [-0.3, -0.25) is 4.79 Å². The van der Waals surface area contributed by atoms with E-state index in [1.54, 1.807) is 0 Å². The quantitative estimate of drug-likeness (QED) is 0.415. The topological polar surface area (TPSA) is 17.1 Å². The second-order valence-electron chi connectivity index (χ2n) is 1.20. The van der Waals surface area contributed by atoms with Crippen LogP contribution in [0.5, 0.6) is 0 Å². The fourth-order valence-electron chi connectivity index (χ4n) is 0.181. The minimum absolute atomic E-state index is 0.0485. The van der Waals surface area contributed by atoms with Crippen molar-refractivity contribution in [2.24, 2.45) is 0 Å². The van der Waals surface area contributed by atoms with Gasteiger partial charge in [-0.2, -0.15) is 0 Å². The van der Waals surface area contributed by atoms with E-state index in [4.69, 9.17) is 34.8 Å². The predicted octanol–water partition coefficient (Wildman–Crippen LogP) is 1.86. The lowest BCUT2D eigenvalue weighted by atomic mass is 10.5. The van der Waals surface area contributed by atoms with E-state index >= 15 is 0 Å². The first-order valence-electron chi connectivity index (χ1n) is 1.98. The zero-order chi connectivity index (χ0) is 7.33. The zero-order valence-electron chi connectivity index (χ0n) is 4.25. The third-order valence-corrected chi connectivity index (χ3v) is 0.829. The Morgan fingerprint density at radius 1 is 1.33 bits per heavy atom. The van der Waals surface area contributed by atoms with E-state index in [-0.39, 0.29) is 6.42 Å². The summed E-state index contributed by atoms with van der Waals surface area (Å²) >= 11 is 15.8. The molecular formula is C5H2Cl3O. The zero-order valence-corrected chi connectivity index (χ0v) is 6.52. The first kappa shape index (κ1) is 9.10. The molecule has 0 aliphatic carbocycles. The van der Waals surface area contributed by atoms with Crippen LogP contribution in [0.1, 0.15) is 6.42 Å². The molecule has 0 N–H and O–H groups in total. The highest BCUT2D eigenvalue weighted by molar-refractivity contribution is 6.67. The maximum atomic E-state index is 9.46.